The van der Waals surface area contributed by atoms with Crippen molar-refractivity contribution in [1.29, 1.82) is 5.26 Å². The zero-order valence-corrected chi connectivity index (χ0v) is 7.31. The van der Waals surface area contributed by atoms with Gasteiger partial charge in [-0.1, -0.05) is 29.8 Å². The van der Waals surface area contributed by atoms with Gasteiger partial charge in [-0.3, -0.25) is 0 Å². The standard InChI is InChI=1S/C7H6Cl2.CHN/c8-5-6-3-1-2-4-7(6)9;1-2/h1-4H,5H2;1H. The van der Waals surface area contributed by atoms with Gasteiger partial charge < -0.3 is 0 Å². The van der Waals surface area contributed by atoms with Gasteiger partial charge in [-0.05, 0) is 11.6 Å². The molecule has 0 N–H and O–H groups in total. The second-order valence-electron chi connectivity index (χ2n) is 1.73. The Balaban J connectivity index is 0.000000461. The third-order valence-corrected chi connectivity index (χ3v) is 1.76. The predicted octanol–water partition coefficient (Wildman–Crippen LogP) is 3.22. The number of hydrogen-bond donors (Lipinski definition) is 0. The molecule has 3 heteroatoms. The fourth-order valence-electron chi connectivity index (χ4n) is 0.607. The highest BCUT2D eigenvalue weighted by atomic mass is 35.5. The minimum absolute atomic E-state index is 0.486. The van der Waals surface area contributed by atoms with Crippen molar-refractivity contribution in [2.75, 3.05) is 0 Å². The summed E-state index contributed by atoms with van der Waals surface area (Å²) in [5, 5.41) is 7.24. The fraction of sp³-hybridized carbons (Fsp3) is 0.125. The average Bonchev–Trinajstić information content (AvgIpc) is 2.09. The van der Waals surface area contributed by atoms with Crippen molar-refractivity contribution in [3.8, 4) is 6.57 Å². The summed E-state index contributed by atoms with van der Waals surface area (Å²) >= 11 is 11.3. The van der Waals surface area contributed by atoms with Crippen LogP contribution in [0.4, 0.5) is 0 Å². The molecule has 0 aliphatic heterocycles. The summed E-state index contributed by atoms with van der Waals surface area (Å²) in [6, 6.07) is 7.55. The van der Waals surface area contributed by atoms with E-state index >= 15 is 0 Å². The van der Waals surface area contributed by atoms with Gasteiger partial charge in [0.2, 0.25) is 0 Å². The van der Waals surface area contributed by atoms with E-state index in [1.807, 2.05) is 24.3 Å². The van der Waals surface area contributed by atoms with Gasteiger partial charge in [0, 0.05) is 17.5 Å². The lowest BCUT2D eigenvalue weighted by atomic mass is 10.2. The van der Waals surface area contributed by atoms with Gasteiger partial charge in [-0.15, -0.1) is 11.6 Å². The van der Waals surface area contributed by atoms with Crippen molar-refractivity contribution in [2.24, 2.45) is 0 Å². The Morgan fingerprint density at radius 1 is 1.27 bits per heavy atom. The van der Waals surface area contributed by atoms with Crippen LogP contribution in [0.15, 0.2) is 24.3 Å². The van der Waals surface area contributed by atoms with Gasteiger partial charge in [-0.2, -0.15) is 0 Å². The summed E-state index contributed by atoms with van der Waals surface area (Å²) in [4.78, 5) is 0. The van der Waals surface area contributed by atoms with Crippen LogP contribution < -0.4 is 0 Å². The largest absolute Gasteiger partial charge is 0.202 e. The molecule has 0 bridgehead atoms. The molecule has 0 aliphatic rings. The van der Waals surface area contributed by atoms with Gasteiger partial charge in [0.1, 0.15) is 0 Å². The SMILES string of the molecule is C#N.ClCc1ccccc1Cl. The van der Waals surface area contributed by atoms with Gasteiger partial charge in [0.15, 0.2) is 0 Å². The highest BCUT2D eigenvalue weighted by molar-refractivity contribution is 6.32. The van der Waals surface area contributed by atoms with Crippen molar-refractivity contribution >= 4 is 23.2 Å². The maximum Gasteiger partial charge on any atom is 0.0488 e. The monoisotopic (exact) mass is 187 g/mol. The Bertz CT molecular complexity index is 233. The second kappa shape index (κ2) is 6.03. The highest BCUT2D eigenvalue weighted by Crippen LogP contribution is 2.15. The first-order chi connectivity index (χ1) is 5.34. The first-order valence-electron chi connectivity index (χ1n) is 2.90. The number of alkyl halides is 1. The number of rotatable bonds is 1. The van der Waals surface area contributed by atoms with Crippen molar-refractivity contribution < 1.29 is 0 Å². The molecule has 1 aromatic rings. The Hall–Kier alpha value is -0.710. The van der Waals surface area contributed by atoms with Crippen LogP contribution in [0.1, 0.15) is 5.56 Å². The van der Waals surface area contributed by atoms with Crippen molar-refractivity contribution in [3.63, 3.8) is 0 Å². The molecule has 1 aromatic carbocycles. The minimum atomic E-state index is 0.486. The molecule has 1 nitrogen and oxygen atoms in total. The smallest absolute Gasteiger partial charge is 0.0488 e. The molecule has 58 valence electrons. The van der Waals surface area contributed by atoms with Crippen LogP contribution in [0.25, 0.3) is 0 Å². The topological polar surface area (TPSA) is 23.8 Å². The summed E-state index contributed by atoms with van der Waals surface area (Å²) < 4.78 is 0. The fourth-order valence-corrected chi connectivity index (χ4v) is 1.11. The van der Waals surface area contributed by atoms with E-state index in [-0.39, 0.29) is 0 Å². The summed E-state index contributed by atoms with van der Waals surface area (Å²) in [7, 11) is 0. The van der Waals surface area contributed by atoms with Crippen LogP contribution in [-0.2, 0) is 5.88 Å². The maximum absolute atomic E-state index is 6.50. The number of hydrogen-bond acceptors (Lipinski definition) is 1. The quantitative estimate of drug-likeness (QED) is 0.620. The zero-order valence-electron chi connectivity index (χ0n) is 5.80. The molecule has 0 fully saturated rings. The van der Waals surface area contributed by atoms with Crippen molar-refractivity contribution in [1.82, 2.24) is 0 Å². The molecule has 0 aliphatic carbocycles. The summed E-state index contributed by atoms with van der Waals surface area (Å²) in [5.74, 6) is 0.486. The van der Waals surface area contributed by atoms with Gasteiger partial charge in [0.05, 0.1) is 0 Å². The Morgan fingerprint density at radius 3 is 2.18 bits per heavy atom. The third kappa shape index (κ3) is 3.27. The second-order valence-corrected chi connectivity index (χ2v) is 2.40. The molecule has 0 aromatic heterocycles. The van der Waals surface area contributed by atoms with Gasteiger partial charge in [0.25, 0.3) is 0 Å². The number of benzene rings is 1. The van der Waals surface area contributed by atoms with E-state index < -0.39 is 0 Å². The first kappa shape index (κ1) is 10.3. The molecule has 0 radical (unpaired) electrons. The van der Waals surface area contributed by atoms with Crippen LogP contribution in [0.2, 0.25) is 5.02 Å². The van der Waals surface area contributed by atoms with E-state index in [1.54, 1.807) is 0 Å². The van der Waals surface area contributed by atoms with Crippen LogP contribution in [-0.4, -0.2) is 0 Å². The molecule has 0 unspecified atom stereocenters. The molecule has 0 amide bonds. The summed E-state index contributed by atoms with van der Waals surface area (Å²) in [6.07, 6.45) is 0. The van der Waals surface area contributed by atoms with E-state index in [1.165, 1.54) is 0 Å². The van der Waals surface area contributed by atoms with Crippen LogP contribution >= 0.6 is 23.2 Å². The molecule has 0 saturated carbocycles. The maximum atomic E-state index is 6.50. The minimum Gasteiger partial charge on any atom is -0.202 e. The molecular formula is C8H7Cl2N. The molecule has 0 saturated heterocycles. The Labute approximate surface area is 76.2 Å². The van der Waals surface area contributed by atoms with Crippen LogP contribution in [0.5, 0.6) is 0 Å². The average molecular weight is 188 g/mol. The molecule has 1 rings (SSSR count). The van der Waals surface area contributed by atoms with E-state index in [9.17, 15) is 0 Å². The number of nitriles is 1. The van der Waals surface area contributed by atoms with Crippen LogP contribution in [0.3, 0.4) is 0 Å². The normalized spacial score (nSPS) is 8.00. The lowest BCUT2D eigenvalue weighted by molar-refractivity contribution is 1.40. The van der Waals surface area contributed by atoms with E-state index in [0.717, 1.165) is 10.6 Å². The van der Waals surface area contributed by atoms with Gasteiger partial charge >= 0.3 is 0 Å². The summed E-state index contributed by atoms with van der Waals surface area (Å²) in [6.45, 7) is 3.50. The van der Waals surface area contributed by atoms with E-state index in [2.05, 4.69) is 6.57 Å². The van der Waals surface area contributed by atoms with Crippen molar-refractivity contribution in [3.05, 3.63) is 34.9 Å². The van der Waals surface area contributed by atoms with E-state index in [0.29, 0.717) is 5.88 Å². The van der Waals surface area contributed by atoms with E-state index in [4.69, 9.17) is 28.5 Å². The zero-order chi connectivity index (χ0) is 8.69. The highest BCUT2D eigenvalue weighted by Gasteiger charge is 1.93. The lowest BCUT2D eigenvalue weighted by Crippen LogP contribution is -1.76. The molecule has 0 heterocycles. The Kier molecular flexibility index (Phi) is 5.64. The molecular weight excluding hydrogens is 181 g/mol. The van der Waals surface area contributed by atoms with Crippen molar-refractivity contribution in [2.45, 2.75) is 5.88 Å². The molecule has 0 atom stereocenters. The number of nitrogens with zero attached hydrogens (tertiary/aromatic N) is 1. The Morgan fingerprint density at radius 2 is 1.82 bits per heavy atom. The summed E-state index contributed by atoms with van der Waals surface area (Å²) in [5.41, 5.74) is 0.987. The number of halogens is 2. The lowest BCUT2D eigenvalue weighted by Gasteiger charge is -1.94. The van der Waals surface area contributed by atoms with Crippen LogP contribution in [0, 0.1) is 11.8 Å². The molecule has 0 spiro atoms. The predicted molar refractivity (Wildman–Crippen MR) is 47.7 cm³/mol. The molecule has 11 heavy (non-hydrogen) atoms. The third-order valence-electron chi connectivity index (χ3n) is 1.10. The first-order valence-corrected chi connectivity index (χ1v) is 3.81. The van der Waals surface area contributed by atoms with Gasteiger partial charge in [-0.25, -0.2) is 5.26 Å².